The van der Waals surface area contributed by atoms with Gasteiger partial charge in [-0.15, -0.1) is 0 Å². The van der Waals surface area contributed by atoms with Gasteiger partial charge in [-0.25, -0.2) is 0 Å². The predicted octanol–water partition coefficient (Wildman–Crippen LogP) is 5.94. The Morgan fingerprint density at radius 3 is 1.96 bits per heavy atom. The second-order valence-corrected chi connectivity index (χ2v) is 6.76. The van der Waals surface area contributed by atoms with Crippen LogP contribution in [0.25, 0.3) is 11.1 Å². The summed E-state index contributed by atoms with van der Waals surface area (Å²) < 4.78 is 10.5. The normalized spacial score (nSPS) is 10.5. The number of hydrogen-bond acceptors (Lipinski definition) is 4. The van der Waals surface area contributed by atoms with Gasteiger partial charge in [0.15, 0.2) is 0 Å². The number of carbonyl (C=O) groups is 2. The van der Waals surface area contributed by atoms with Crippen LogP contribution in [0.15, 0.2) is 54.6 Å². The van der Waals surface area contributed by atoms with E-state index in [2.05, 4.69) is 0 Å². The minimum absolute atomic E-state index is 0.110. The van der Waals surface area contributed by atoms with Gasteiger partial charge in [0, 0.05) is 18.4 Å². The molecule has 0 unspecified atom stereocenters. The molecule has 0 amide bonds. The van der Waals surface area contributed by atoms with Gasteiger partial charge in [0.25, 0.3) is 0 Å². The Morgan fingerprint density at radius 1 is 0.714 bits per heavy atom. The van der Waals surface area contributed by atoms with E-state index in [1.807, 2.05) is 61.5 Å². The van der Waals surface area contributed by atoms with Crippen LogP contribution in [0, 0.1) is 0 Å². The topological polar surface area (TPSA) is 52.6 Å². The Hall–Kier alpha value is -2.62. The number of unbranched alkanes of at least 4 members (excludes halogenated alkanes) is 5. The van der Waals surface area contributed by atoms with Gasteiger partial charge in [0.1, 0.15) is 5.75 Å². The first-order valence-electron chi connectivity index (χ1n) is 10.2. The van der Waals surface area contributed by atoms with Crippen molar-refractivity contribution in [1.29, 1.82) is 0 Å². The zero-order valence-corrected chi connectivity index (χ0v) is 16.7. The van der Waals surface area contributed by atoms with Gasteiger partial charge in [0.2, 0.25) is 0 Å². The van der Waals surface area contributed by atoms with Crippen LogP contribution in [0.1, 0.15) is 58.3 Å². The first kappa shape index (κ1) is 21.7. The van der Waals surface area contributed by atoms with Crippen molar-refractivity contribution in [3.63, 3.8) is 0 Å². The highest BCUT2D eigenvalue weighted by Crippen LogP contribution is 2.29. The van der Waals surface area contributed by atoms with E-state index in [-0.39, 0.29) is 11.9 Å². The van der Waals surface area contributed by atoms with Crippen LogP contribution in [0.5, 0.6) is 5.75 Å². The molecule has 2 rings (SSSR count). The van der Waals surface area contributed by atoms with E-state index in [1.165, 1.54) is 0 Å². The summed E-state index contributed by atoms with van der Waals surface area (Å²) >= 11 is 0. The van der Waals surface area contributed by atoms with Crippen molar-refractivity contribution in [2.75, 3.05) is 6.61 Å². The molecule has 150 valence electrons. The van der Waals surface area contributed by atoms with Gasteiger partial charge >= 0.3 is 11.9 Å². The highest BCUT2D eigenvalue weighted by atomic mass is 16.5. The van der Waals surface area contributed by atoms with Gasteiger partial charge in [-0.3, -0.25) is 9.59 Å². The van der Waals surface area contributed by atoms with Crippen molar-refractivity contribution in [1.82, 2.24) is 0 Å². The molecule has 28 heavy (non-hydrogen) atoms. The quantitative estimate of drug-likeness (QED) is 0.259. The van der Waals surface area contributed by atoms with Crippen molar-refractivity contribution in [2.45, 2.75) is 58.3 Å². The number of rotatable bonds is 12. The lowest BCUT2D eigenvalue weighted by Gasteiger charge is -2.10. The fraction of sp³-hybridized carbons (Fsp3) is 0.417. The predicted molar refractivity (Wildman–Crippen MR) is 111 cm³/mol. The lowest BCUT2D eigenvalue weighted by molar-refractivity contribution is -0.143. The Kier molecular flexibility index (Phi) is 9.84. The molecular formula is C24H30O4. The van der Waals surface area contributed by atoms with Gasteiger partial charge in [0.05, 0.1) is 6.61 Å². The number of ether oxygens (including phenoxy) is 2. The van der Waals surface area contributed by atoms with Crippen molar-refractivity contribution in [3.05, 3.63) is 54.6 Å². The summed E-state index contributed by atoms with van der Waals surface area (Å²) in [5, 5.41) is 0. The SMILES string of the molecule is CCOC(=O)CCCCCCCCC(=O)Oc1ccccc1-c1ccccc1. The largest absolute Gasteiger partial charge is 0.466 e. The van der Waals surface area contributed by atoms with E-state index in [9.17, 15) is 9.59 Å². The fourth-order valence-electron chi connectivity index (χ4n) is 3.06. The molecule has 0 aliphatic carbocycles. The van der Waals surface area contributed by atoms with Crippen LogP contribution in [-0.4, -0.2) is 18.5 Å². The summed E-state index contributed by atoms with van der Waals surface area (Å²) in [4.78, 5) is 23.4. The number of para-hydroxylation sites is 1. The molecule has 0 fully saturated rings. The van der Waals surface area contributed by atoms with Crippen LogP contribution in [0.3, 0.4) is 0 Å². The van der Waals surface area contributed by atoms with Gasteiger partial charge < -0.3 is 9.47 Å². The van der Waals surface area contributed by atoms with Crippen molar-refractivity contribution < 1.29 is 19.1 Å². The van der Waals surface area contributed by atoms with E-state index in [0.717, 1.165) is 49.7 Å². The molecule has 2 aromatic rings. The average Bonchev–Trinajstić information content (AvgIpc) is 2.71. The van der Waals surface area contributed by atoms with E-state index in [4.69, 9.17) is 9.47 Å². The zero-order chi connectivity index (χ0) is 20.0. The van der Waals surface area contributed by atoms with Crippen LogP contribution >= 0.6 is 0 Å². The van der Waals surface area contributed by atoms with Gasteiger partial charge in [-0.2, -0.15) is 0 Å². The number of hydrogen-bond donors (Lipinski definition) is 0. The van der Waals surface area contributed by atoms with Crippen LogP contribution in [0.2, 0.25) is 0 Å². The molecular weight excluding hydrogens is 352 g/mol. The minimum atomic E-state index is -0.189. The van der Waals surface area contributed by atoms with E-state index in [0.29, 0.717) is 25.2 Å². The molecule has 4 nitrogen and oxygen atoms in total. The minimum Gasteiger partial charge on any atom is -0.466 e. The Bertz CT molecular complexity index is 724. The number of esters is 2. The third kappa shape index (κ3) is 7.95. The smallest absolute Gasteiger partial charge is 0.311 e. The first-order valence-corrected chi connectivity index (χ1v) is 10.2. The summed E-state index contributed by atoms with van der Waals surface area (Å²) in [7, 11) is 0. The molecule has 0 bridgehead atoms. The van der Waals surface area contributed by atoms with E-state index in [1.54, 1.807) is 0 Å². The molecule has 0 atom stereocenters. The standard InChI is InChI=1S/C24H30O4/c1-2-27-23(25)18-10-5-3-4-6-11-19-24(26)28-22-17-13-12-16-21(22)20-14-8-7-9-15-20/h7-9,12-17H,2-6,10-11,18-19H2,1H3. The zero-order valence-electron chi connectivity index (χ0n) is 16.7. The highest BCUT2D eigenvalue weighted by Gasteiger charge is 2.10. The molecule has 0 N–H and O–H groups in total. The van der Waals surface area contributed by atoms with Gasteiger partial charge in [-0.1, -0.05) is 74.2 Å². The van der Waals surface area contributed by atoms with E-state index >= 15 is 0 Å². The summed E-state index contributed by atoms with van der Waals surface area (Å²) in [6, 6.07) is 17.6. The molecule has 0 radical (unpaired) electrons. The number of benzene rings is 2. The van der Waals surface area contributed by atoms with E-state index < -0.39 is 0 Å². The average molecular weight is 382 g/mol. The summed E-state index contributed by atoms with van der Waals surface area (Å²) in [5.74, 6) is 0.310. The molecule has 0 aliphatic heterocycles. The molecule has 4 heteroatoms. The molecule has 0 aliphatic rings. The van der Waals surface area contributed by atoms with Crippen LogP contribution < -0.4 is 4.74 Å². The molecule has 0 saturated heterocycles. The van der Waals surface area contributed by atoms with Crippen molar-refractivity contribution in [2.24, 2.45) is 0 Å². The Balaban J connectivity index is 1.64. The van der Waals surface area contributed by atoms with Gasteiger partial charge in [-0.05, 0) is 31.4 Å². The maximum absolute atomic E-state index is 12.2. The molecule has 0 heterocycles. The maximum atomic E-state index is 12.2. The molecule has 0 aromatic heterocycles. The maximum Gasteiger partial charge on any atom is 0.311 e. The monoisotopic (exact) mass is 382 g/mol. The lowest BCUT2D eigenvalue weighted by atomic mass is 10.0. The third-order valence-electron chi connectivity index (χ3n) is 4.51. The summed E-state index contributed by atoms with van der Waals surface area (Å²) in [5.41, 5.74) is 1.96. The van der Waals surface area contributed by atoms with Crippen molar-refractivity contribution in [3.8, 4) is 16.9 Å². The van der Waals surface area contributed by atoms with Crippen LogP contribution in [-0.2, 0) is 14.3 Å². The number of carbonyl (C=O) groups excluding carboxylic acids is 2. The highest BCUT2D eigenvalue weighted by molar-refractivity contribution is 5.77. The third-order valence-corrected chi connectivity index (χ3v) is 4.51. The second-order valence-electron chi connectivity index (χ2n) is 6.76. The fourth-order valence-corrected chi connectivity index (χ4v) is 3.06. The Labute approximate surface area is 167 Å². The first-order chi connectivity index (χ1) is 13.7. The molecule has 2 aromatic carbocycles. The van der Waals surface area contributed by atoms with Crippen molar-refractivity contribution >= 4 is 11.9 Å². The summed E-state index contributed by atoms with van der Waals surface area (Å²) in [6.45, 7) is 2.27. The van der Waals surface area contributed by atoms with Crippen LogP contribution in [0.4, 0.5) is 0 Å². The molecule has 0 saturated carbocycles. The molecule has 0 spiro atoms. The second kappa shape index (κ2) is 12.7. The summed E-state index contributed by atoms with van der Waals surface area (Å²) in [6.07, 6.45) is 6.78. The Morgan fingerprint density at radius 2 is 1.29 bits per heavy atom. The lowest BCUT2D eigenvalue weighted by Crippen LogP contribution is -2.08.